The molecule has 2 aromatic carbocycles. The first-order valence-electron chi connectivity index (χ1n) is 8.13. The molecule has 0 bridgehead atoms. The maximum Gasteiger partial charge on any atom is 0.255 e. The summed E-state index contributed by atoms with van der Waals surface area (Å²) in [6, 6.07) is 17.7. The number of sulfone groups is 1. The number of anilines is 1. The van der Waals surface area contributed by atoms with Gasteiger partial charge in [-0.3, -0.25) is 4.79 Å². The predicted molar refractivity (Wildman–Crippen MR) is 103 cm³/mol. The van der Waals surface area contributed by atoms with Crippen molar-refractivity contribution in [2.75, 3.05) is 11.6 Å². The first-order chi connectivity index (χ1) is 12.3. The number of nitrogens with one attached hydrogen (secondary N) is 1. The van der Waals surface area contributed by atoms with E-state index in [0.29, 0.717) is 5.56 Å². The molecular formula is C20H20N2O3S. The predicted octanol–water partition coefficient (Wildman–Crippen LogP) is 3.75. The van der Waals surface area contributed by atoms with Gasteiger partial charge in [-0.05, 0) is 62.4 Å². The van der Waals surface area contributed by atoms with Gasteiger partial charge >= 0.3 is 0 Å². The molecule has 0 unspecified atom stereocenters. The lowest BCUT2D eigenvalue weighted by Gasteiger charge is -2.12. The van der Waals surface area contributed by atoms with E-state index in [1.165, 1.54) is 6.07 Å². The van der Waals surface area contributed by atoms with E-state index in [1.54, 1.807) is 30.3 Å². The van der Waals surface area contributed by atoms with Crippen LogP contribution in [0.15, 0.2) is 65.6 Å². The second-order valence-electron chi connectivity index (χ2n) is 6.22. The Bertz CT molecular complexity index is 1050. The molecule has 0 spiro atoms. The number of benzene rings is 2. The highest BCUT2D eigenvalue weighted by Crippen LogP contribution is 2.22. The van der Waals surface area contributed by atoms with Crippen LogP contribution in [-0.2, 0) is 9.84 Å². The number of aryl methyl sites for hydroxylation is 2. The molecule has 26 heavy (non-hydrogen) atoms. The molecule has 134 valence electrons. The van der Waals surface area contributed by atoms with E-state index in [2.05, 4.69) is 9.88 Å². The molecule has 3 rings (SSSR count). The van der Waals surface area contributed by atoms with Crippen LogP contribution in [0, 0.1) is 13.8 Å². The fraction of sp³-hybridized carbons (Fsp3) is 0.150. The molecule has 6 heteroatoms. The van der Waals surface area contributed by atoms with E-state index < -0.39 is 9.84 Å². The Hall–Kier alpha value is -2.86. The van der Waals surface area contributed by atoms with Crippen molar-refractivity contribution in [3.8, 4) is 5.69 Å². The van der Waals surface area contributed by atoms with Crippen molar-refractivity contribution in [3.63, 3.8) is 0 Å². The van der Waals surface area contributed by atoms with E-state index in [9.17, 15) is 13.2 Å². The minimum atomic E-state index is -3.43. The second kappa shape index (κ2) is 6.80. The SMILES string of the molecule is Cc1ccc(C)n1-c1ccc(C(=O)Nc2ccccc2S(C)(=O)=O)cc1. The van der Waals surface area contributed by atoms with Gasteiger partial charge in [0.15, 0.2) is 9.84 Å². The lowest BCUT2D eigenvalue weighted by Crippen LogP contribution is -2.14. The van der Waals surface area contributed by atoms with Crippen molar-refractivity contribution in [2.24, 2.45) is 0 Å². The van der Waals surface area contributed by atoms with Crippen LogP contribution in [0.5, 0.6) is 0 Å². The number of rotatable bonds is 4. The normalized spacial score (nSPS) is 11.3. The topological polar surface area (TPSA) is 68.2 Å². The summed E-state index contributed by atoms with van der Waals surface area (Å²) in [5.41, 5.74) is 3.93. The van der Waals surface area contributed by atoms with Crippen molar-refractivity contribution in [2.45, 2.75) is 18.7 Å². The van der Waals surface area contributed by atoms with Gasteiger partial charge in [-0.15, -0.1) is 0 Å². The Labute approximate surface area is 153 Å². The molecule has 1 heterocycles. The minimum absolute atomic E-state index is 0.101. The Morgan fingerprint density at radius 2 is 1.46 bits per heavy atom. The van der Waals surface area contributed by atoms with E-state index in [0.717, 1.165) is 23.3 Å². The number of carbonyl (C=O) groups is 1. The summed E-state index contributed by atoms with van der Waals surface area (Å²) in [7, 11) is -3.43. The van der Waals surface area contributed by atoms with E-state index in [-0.39, 0.29) is 16.5 Å². The highest BCUT2D eigenvalue weighted by atomic mass is 32.2. The zero-order chi connectivity index (χ0) is 18.9. The summed E-state index contributed by atoms with van der Waals surface area (Å²) in [6.07, 6.45) is 1.12. The molecule has 0 aliphatic rings. The maximum absolute atomic E-state index is 12.5. The Balaban J connectivity index is 1.86. The zero-order valence-electron chi connectivity index (χ0n) is 14.9. The first kappa shape index (κ1) is 17.9. The molecule has 0 fully saturated rings. The Morgan fingerprint density at radius 3 is 2.04 bits per heavy atom. The smallest absolute Gasteiger partial charge is 0.255 e. The van der Waals surface area contributed by atoms with Gasteiger partial charge in [-0.1, -0.05) is 12.1 Å². The van der Waals surface area contributed by atoms with Crippen molar-refractivity contribution in [3.05, 3.63) is 77.6 Å². The summed E-state index contributed by atoms with van der Waals surface area (Å²) in [4.78, 5) is 12.6. The first-order valence-corrected chi connectivity index (χ1v) is 10.0. The summed E-state index contributed by atoms with van der Waals surface area (Å²) in [5, 5.41) is 2.69. The lowest BCUT2D eigenvalue weighted by atomic mass is 10.2. The molecule has 5 nitrogen and oxygen atoms in total. The van der Waals surface area contributed by atoms with Gasteiger partial charge in [0.05, 0.1) is 10.6 Å². The number of aromatic nitrogens is 1. The van der Waals surface area contributed by atoms with Crippen LogP contribution in [0.3, 0.4) is 0 Å². The number of hydrogen-bond acceptors (Lipinski definition) is 3. The number of para-hydroxylation sites is 1. The van der Waals surface area contributed by atoms with Crippen molar-refractivity contribution >= 4 is 21.4 Å². The van der Waals surface area contributed by atoms with E-state index in [4.69, 9.17) is 0 Å². The van der Waals surface area contributed by atoms with Gasteiger partial charge in [-0.25, -0.2) is 8.42 Å². The molecule has 0 aliphatic heterocycles. The number of amides is 1. The molecule has 1 amide bonds. The summed E-state index contributed by atoms with van der Waals surface area (Å²) < 4.78 is 25.8. The molecular weight excluding hydrogens is 348 g/mol. The van der Waals surface area contributed by atoms with E-state index >= 15 is 0 Å². The van der Waals surface area contributed by atoms with Gasteiger partial charge < -0.3 is 9.88 Å². The van der Waals surface area contributed by atoms with Gasteiger partial charge in [-0.2, -0.15) is 0 Å². The van der Waals surface area contributed by atoms with Crippen LogP contribution in [0.25, 0.3) is 5.69 Å². The summed E-state index contributed by atoms with van der Waals surface area (Å²) in [6.45, 7) is 4.05. The van der Waals surface area contributed by atoms with Crippen molar-refractivity contribution < 1.29 is 13.2 Å². The van der Waals surface area contributed by atoms with Crippen LogP contribution in [0.4, 0.5) is 5.69 Å². The molecule has 0 aliphatic carbocycles. The molecule has 0 radical (unpaired) electrons. The molecule has 3 aromatic rings. The molecule has 1 N–H and O–H groups in total. The Kier molecular flexibility index (Phi) is 4.70. The maximum atomic E-state index is 12.5. The lowest BCUT2D eigenvalue weighted by molar-refractivity contribution is 0.102. The number of nitrogens with zero attached hydrogens (tertiary/aromatic N) is 1. The van der Waals surface area contributed by atoms with Gasteiger partial charge in [0.25, 0.3) is 5.91 Å². The molecule has 1 aromatic heterocycles. The third kappa shape index (κ3) is 3.55. The third-order valence-corrected chi connectivity index (χ3v) is 5.35. The average molecular weight is 368 g/mol. The van der Waals surface area contributed by atoms with Crippen LogP contribution >= 0.6 is 0 Å². The zero-order valence-corrected chi connectivity index (χ0v) is 15.7. The fourth-order valence-corrected chi connectivity index (χ4v) is 3.77. The Morgan fingerprint density at radius 1 is 0.885 bits per heavy atom. The minimum Gasteiger partial charge on any atom is -0.321 e. The highest BCUT2D eigenvalue weighted by Gasteiger charge is 2.15. The average Bonchev–Trinajstić information content (AvgIpc) is 2.93. The third-order valence-electron chi connectivity index (χ3n) is 4.19. The van der Waals surface area contributed by atoms with Gasteiger partial charge in [0, 0.05) is 28.9 Å². The fourth-order valence-electron chi connectivity index (χ4n) is 2.93. The van der Waals surface area contributed by atoms with Crippen molar-refractivity contribution in [1.29, 1.82) is 0 Å². The van der Waals surface area contributed by atoms with Crippen LogP contribution in [0.2, 0.25) is 0 Å². The summed E-state index contributed by atoms with van der Waals surface area (Å²) in [5.74, 6) is -0.353. The van der Waals surface area contributed by atoms with E-state index in [1.807, 2.05) is 38.1 Å². The van der Waals surface area contributed by atoms with Crippen LogP contribution in [0.1, 0.15) is 21.7 Å². The largest absolute Gasteiger partial charge is 0.321 e. The van der Waals surface area contributed by atoms with Crippen LogP contribution in [-0.4, -0.2) is 25.1 Å². The molecule has 0 saturated carbocycles. The van der Waals surface area contributed by atoms with Gasteiger partial charge in [0.1, 0.15) is 0 Å². The second-order valence-corrected chi connectivity index (χ2v) is 8.20. The monoisotopic (exact) mass is 368 g/mol. The number of hydrogen-bond donors (Lipinski definition) is 1. The number of carbonyl (C=O) groups excluding carboxylic acids is 1. The van der Waals surface area contributed by atoms with Crippen LogP contribution < -0.4 is 5.32 Å². The van der Waals surface area contributed by atoms with Gasteiger partial charge in [0.2, 0.25) is 0 Å². The highest BCUT2D eigenvalue weighted by molar-refractivity contribution is 7.90. The summed E-state index contributed by atoms with van der Waals surface area (Å²) >= 11 is 0. The van der Waals surface area contributed by atoms with Crippen molar-refractivity contribution in [1.82, 2.24) is 4.57 Å². The molecule has 0 saturated heterocycles. The quantitative estimate of drug-likeness (QED) is 0.762. The molecule has 0 atom stereocenters. The standard InChI is InChI=1S/C20H20N2O3S/c1-14-8-9-15(2)22(14)17-12-10-16(11-13-17)20(23)21-18-6-4-5-7-19(18)26(3,24)25/h4-13H,1-3H3,(H,21,23).